The molecule has 0 bridgehead atoms. The van der Waals surface area contributed by atoms with Gasteiger partial charge >= 0.3 is 0 Å². The van der Waals surface area contributed by atoms with Gasteiger partial charge in [-0.15, -0.1) is 0 Å². The van der Waals surface area contributed by atoms with Crippen LogP contribution in [-0.2, 0) is 6.42 Å². The number of hydrogen-bond acceptors (Lipinski definition) is 4. The zero-order chi connectivity index (χ0) is 12.3. The summed E-state index contributed by atoms with van der Waals surface area (Å²) in [6, 6.07) is 0. The van der Waals surface area contributed by atoms with Crippen LogP contribution in [0.3, 0.4) is 0 Å². The van der Waals surface area contributed by atoms with E-state index in [1.54, 1.807) is 0 Å². The van der Waals surface area contributed by atoms with Crippen molar-refractivity contribution in [2.24, 2.45) is 5.92 Å². The Morgan fingerprint density at radius 3 is 2.94 bits per heavy atom. The van der Waals surface area contributed by atoms with Crippen LogP contribution in [0.4, 0.5) is 0 Å². The molecule has 0 radical (unpaired) electrons. The van der Waals surface area contributed by atoms with E-state index in [1.165, 1.54) is 29.4 Å². The number of rotatable bonds is 4. The predicted octanol–water partition coefficient (Wildman–Crippen LogP) is 2.85. The number of nitrogens with zero attached hydrogens (tertiary/aromatic N) is 3. The highest BCUT2D eigenvalue weighted by Gasteiger charge is 2.17. The van der Waals surface area contributed by atoms with E-state index in [-0.39, 0.29) is 0 Å². The van der Waals surface area contributed by atoms with Crippen molar-refractivity contribution in [1.29, 1.82) is 0 Å². The van der Waals surface area contributed by atoms with E-state index < -0.39 is 0 Å². The third-order valence-electron chi connectivity index (χ3n) is 3.16. The Labute approximate surface area is 108 Å². The van der Waals surface area contributed by atoms with Gasteiger partial charge in [0.25, 0.3) is 0 Å². The van der Waals surface area contributed by atoms with Crippen molar-refractivity contribution in [2.45, 2.75) is 33.1 Å². The summed E-state index contributed by atoms with van der Waals surface area (Å²) >= 11 is 1.35. The molecule has 2 rings (SSSR count). The van der Waals surface area contributed by atoms with Gasteiger partial charge in [-0.1, -0.05) is 19.9 Å². The fraction of sp³-hybridized carbons (Fsp3) is 0.692. The minimum absolute atomic E-state index is 0.729. The quantitative estimate of drug-likeness (QED) is 0.824. The molecule has 0 saturated carbocycles. The molecule has 4 heteroatoms. The van der Waals surface area contributed by atoms with Crippen LogP contribution in [0.25, 0.3) is 5.57 Å². The van der Waals surface area contributed by atoms with E-state index in [2.05, 4.69) is 40.6 Å². The summed E-state index contributed by atoms with van der Waals surface area (Å²) in [6.07, 6.45) is 5.72. The lowest BCUT2D eigenvalue weighted by atomic mass is 10.0. The van der Waals surface area contributed by atoms with Gasteiger partial charge < -0.3 is 4.90 Å². The van der Waals surface area contributed by atoms with Crippen LogP contribution in [0.2, 0.25) is 0 Å². The highest BCUT2D eigenvalue weighted by Crippen LogP contribution is 2.23. The first-order valence-electron chi connectivity index (χ1n) is 6.36. The normalized spacial score (nSPS) is 17.5. The molecule has 0 spiro atoms. The molecule has 1 aliphatic rings. The molecule has 3 nitrogen and oxygen atoms in total. The minimum atomic E-state index is 0.729. The molecule has 94 valence electrons. The van der Waals surface area contributed by atoms with E-state index in [9.17, 15) is 0 Å². The lowest BCUT2D eigenvalue weighted by Crippen LogP contribution is -2.25. The summed E-state index contributed by atoms with van der Waals surface area (Å²) in [5, 5.41) is 0. The van der Waals surface area contributed by atoms with E-state index in [1.807, 2.05) is 0 Å². The Kier molecular flexibility index (Phi) is 4.29. The van der Waals surface area contributed by atoms with E-state index in [4.69, 9.17) is 0 Å². The second kappa shape index (κ2) is 5.74. The van der Waals surface area contributed by atoms with Crippen molar-refractivity contribution in [2.75, 3.05) is 20.1 Å². The van der Waals surface area contributed by atoms with Gasteiger partial charge in [0.1, 0.15) is 5.69 Å². The van der Waals surface area contributed by atoms with Gasteiger partial charge in [0.2, 0.25) is 0 Å². The minimum Gasteiger partial charge on any atom is -0.302 e. The molecule has 0 aromatic carbocycles. The fourth-order valence-corrected chi connectivity index (χ4v) is 2.73. The Morgan fingerprint density at radius 1 is 1.41 bits per heavy atom. The molecule has 0 fully saturated rings. The molecular weight excluding hydrogens is 230 g/mol. The molecule has 0 unspecified atom stereocenters. The molecule has 0 N–H and O–H groups in total. The van der Waals surface area contributed by atoms with Crippen LogP contribution < -0.4 is 0 Å². The first-order chi connectivity index (χ1) is 8.16. The summed E-state index contributed by atoms with van der Waals surface area (Å²) in [4.78, 5) is 2.35. The Morgan fingerprint density at radius 2 is 2.24 bits per heavy atom. The zero-order valence-electron chi connectivity index (χ0n) is 10.9. The third-order valence-corrected chi connectivity index (χ3v) is 3.73. The molecule has 0 atom stereocenters. The van der Waals surface area contributed by atoms with E-state index >= 15 is 0 Å². The van der Waals surface area contributed by atoms with Crippen molar-refractivity contribution in [3.63, 3.8) is 0 Å². The predicted molar refractivity (Wildman–Crippen MR) is 73.2 cm³/mol. The monoisotopic (exact) mass is 251 g/mol. The Bertz CT molecular complexity index is 395. The maximum atomic E-state index is 4.49. The summed E-state index contributed by atoms with van der Waals surface area (Å²) in [5.41, 5.74) is 3.72. The van der Waals surface area contributed by atoms with Crippen molar-refractivity contribution in [3.8, 4) is 0 Å². The first-order valence-corrected chi connectivity index (χ1v) is 7.09. The van der Waals surface area contributed by atoms with Crippen LogP contribution in [-0.4, -0.2) is 33.8 Å². The van der Waals surface area contributed by atoms with Crippen LogP contribution >= 0.6 is 11.7 Å². The van der Waals surface area contributed by atoms with Gasteiger partial charge in [0, 0.05) is 13.1 Å². The lowest BCUT2D eigenvalue weighted by molar-refractivity contribution is 0.372. The molecule has 1 aliphatic heterocycles. The first kappa shape index (κ1) is 12.7. The van der Waals surface area contributed by atoms with Gasteiger partial charge in [0.05, 0.1) is 17.4 Å². The largest absolute Gasteiger partial charge is 0.302 e. The summed E-state index contributed by atoms with van der Waals surface area (Å²) in [7, 11) is 2.17. The highest BCUT2D eigenvalue weighted by molar-refractivity contribution is 6.99. The second-order valence-corrected chi connectivity index (χ2v) is 5.78. The molecule has 0 aliphatic carbocycles. The standard InChI is InChI=1S/C13H21N3S/c1-10(2)6-7-12-13(15-17-14-12)11-5-4-8-16(3)9-11/h5,10H,4,6-9H2,1-3H3. The molecule has 1 aromatic rings. The average molecular weight is 251 g/mol. The van der Waals surface area contributed by atoms with Crippen molar-refractivity contribution < 1.29 is 0 Å². The number of hydrogen-bond donors (Lipinski definition) is 0. The zero-order valence-corrected chi connectivity index (χ0v) is 11.8. The maximum absolute atomic E-state index is 4.49. The van der Waals surface area contributed by atoms with Gasteiger partial charge in [-0.2, -0.15) is 8.75 Å². The van der Waals surface area contributed by atoms with Crippen LogP contribution in [0.1, 0.15) is 38.1 Å². The number of aromatic nitrogens is 2. The van der Waals surface area contributed by atoms with Crippen molar-refractivity contribution in [1.82, 2.24) is 13.6 Å². The van der Waals surface area contributed by atoms with Gasteiger partial charge in [0.15, 0.2) is 0 Å². The molecule has 0 amide bonds. The lowest BCUT2D eigenvalue weighted by Gasteiger charge is -2.22. The number of likely N-dealkylation sites (N-methyl/N-ethyl adjacent to an activating group) is 1. The summed E-state index contributed by atoms with van der Waals surface area (Å²) in [5.74, 6) is 0.729. The summed E-state index contributed by atoms with van der Waals surface area (Å²) < 4.78 is 8.95. The SMILES string of the molecule is CC(C)CCc1nsnc1C1=CCCN(C)C1. The Balaban J connectivity index is 2.10. The molecule has 0 saturated heterocycles. The van der Waals surface area contributed by atoms with Gasteiger partial charge in [-0.3, -0.25) is 0 Å². The highest BCUT2D eigenvalue weighted by atomic mass is 32.1. The molecule has 1 aromatic heterocycles. The van der Waals surface area contributed by atoms with Crippen LogP contribution in [0.15, 0.2) is 6.08 Å². The molecule has 17 heavy (non-hydrogen) atoms. The topological polar surface area (TPSA) is 29.0 Å². The fourth-order valence-electron chi connectivity index (χ4n) is 2.10. The number of aryl methyl sites for hydroxylation is 1. The molecule has 2 heterocycles. The second-order valence-electron chi connectivity index (χ2n) is 5.25. The third kappa shape index (κ3) is 3.36. The van der Waals surface area contributed by atoms with Crippen LogP contribution in [0, 0.1) is 5.92 Å². The van der Waals surface area contributed by atoms with Gasteiger partial charge in [-0.05, 0) is 37.8 Å². The molecular formula is C13H21N3S. The maximum Gasteiger partial charge on any atom is 0.104 e. The van der Waals surface area contributed by atoms with E-state index in [0.29, 0.717) is 0 Å². The van der Waals surface area contributed by atoms with Crippen molar-refractivity contribution in [3.05, 3.63) is 17.5 Å². The smallest absolute Gasteiger partial charge is 0.104 e. The van der Waals surface area contributed by atoms with Crippen molar-refractivity contribution >= 4 is 17.3 Å². The van der Waals surface area contributed by atoms with Gasteiger partial charge in [-0.25, -0.2) is 0 Å². The Hall–Kier alpha value is -0.740. The van der Waals surface area contributed by atoms with Crippen LogP contribution in [0.5, 0.6) is 0 Å². The average Bonchev–Trinajstić information content (AvgIpc) is 2.74. The van der Waals surface area contributed by atoms with E-state index in [0.717, 1.165) is 37.5 Å². The summed E-state index contributed by atoms with van der Waals surface area (Å²) in [6.45, 7) is 6.68.